The SMILES string of the molecule is C/C=C/C1CCC(c2ccc(-c3ccc(-c4ccc(OCC)c(F)c4F)cc3)cc2)CO1. The summed E-state index contributed by atoms with van der Waals surface area (Å²) in [7, 11) is 0. The predicted octanol–water partition coefficient (Wildman–Crippen LogP) is 7.54. The van der Waals surface area contributed by atoms with Crippen molar-refractivity contribution in [3.05, 3.63) is 90.0 Å². The second kappa shape index (κ2) is 10.1. The molecule has 4 rings (SSSR count). The number of allylic oxidation sites excluding steroid dienone is 1. The van der Waals surface area contributed by atoms with E-state index >= 15 is 0 Å². The summed E-state index contributed by atoms with van der Waals surface area (Å²) in [5, 5.41) is 0. The number of ether oxygens (including phenoxy) is 2. The molecule has 0 spiro atoms. The van der Waals surface area contributed by atoms with Crippen molar-refractivity contribution in [3.8, 4) is 28.0 Å². The fourth-order valence-corrected chi connectivity index (χ4v) is 4.21. The van der Waals surface area contributed by atoms with Gasteiger partial charge in [-0.15, -0.1) is 0 Å². The largest absolute Gasteiger partial charge is 0.491 e. The van der Waals surface area contributed by atoms with Gasteiger partial charge in [0.05, 0.1) is 19.3 Å². The Morgan fingerprint density at radius 2 is 1.53 bits per heavy atom. The Labute approximate surface area is 188 Å². The van der Waals surface area contributed by atoms with Gasteiger partial charge >= 0.3 is 0 Å². The highest BCUT2D eigenvalue weighted by atomic mass is 19.2. The lowest BCUT2D eigenvalue weighted by Gasteiger charge is -2.27. The topological polar surface area (TPSA) is 18.5 Å². The lowest BCUT2D eigenvalue weighted by molar-refractivity contribution is 0.0326. The maximum atomic E-state index is 14.5. The maximum Gasteiger partial charge on any atom is 0.201 e. The fraction of sp³-hybridized carbons (Fsp3) is 0.286. The molecular weight excluding hydrogens is 406 g/mol. The standard InChI is InChI=1S/C28H28F2O2/c1-3-5-24-15-14-23(18-32-24)21-8-6-19(7-9-21)20-10-12-22(13-11-20)25-16-17-26(31-4-2)28(30)27(25)29/h3,5-13,16-17,23-24H,4,14-15,18H2,1-2H3/b5-3+. The van der Waals surface area contributed by atoms with Gasteiger partial charge < -0.3 is 9.47 Å². The number of hydrogen-bond donors (Lipinski definition) is 0. The first-order valence-electron chi connectivity index (χ1n) is 11.2. The normalized spacial score (nSPS) is 18.8. The predicted molar refractivity (Wildman–Crippen MR) is 125 cm³/mol. The second-order valence-corrected chi connectivity index (χ2v) is 8.04. The molecule has 2 unspecified atom stereocenters. The van der Waals surface area contributed by atoms with Crippen LogP contribution in [0.5, 0.6) is 5.75 Å². The van der Waals surface area contributed by atoms with E-state index in [1.165, 1.54) is 11.6 Å². The molecule has 0 saturated carbocycles. The van der Waals surface area contributed by atoms with Gasteiger partial charge in [0.15, 0.2) is 11.6 Å². The van der Waals surface area contributed by atoms with Gasteiger partial charge in [0.25, 0.3) is 0 Å². The van der Waals surface area contributed by atoms with Crippen molar-refractivity contribution < 1.29 is 18.3 Å². The molecule has 0 aliphatic carbocycles. The molecule has 0 aromatic heterocycles. The van der Waals surface area contributed by atoms with Gasteiger partial charge in [-0.25, -0.2) is 4.39 Å². The van der Waals surface area contributed by atoms with Gasteiger partial charge in [-0.2, -0.15) is 4.39 Å². The summed E-state index contributed by atoms with van der Waals surface area (Å²) in [4.78, 5) is 0. The van der Waals surface area contributed by atoms with E-state index < -0.39 is 11.6 Å². The van der Waals surface area contributed by atoms with Crippen LogP contribution in [0.15, 0.2) is 72.8 Å². The van der Waals surface area contributed by atoms with Crippen LogP contribution in [0.1, 0.15) is 38.2 Å². The Balaban J connectivity index is 1.47. The molecule has 3 aromatic carbocycles. The van der Waals surface area contributed by atoms with E-state index in [9.17, 15) is 8.78 Å². The van der Waals surface area contributed by atoms with E-state index in [2.05, 4.69) is 30.3 Å². The smallest absolute Gasteiger partial charge is 0.201 e. The van der Waals surface area contributed by atoms with Gasteiger partial charge in [0, 0.05) is 11.5 Å². The average Bonchev–Trinajstić information content (AvgIpc) is 2.83. The van der Waals surface area contributed by atoms with Crippen molar-refractivity contribution in [2.45, 2.75) is 38.7 Å². The van der Waals surface area contributed by atoms with Crippen molar-refractivity contribution >= 4 is 0 Å². The Kier molecular flexibility index (Phi) is 7.01. The van der Waals surface area contributed by atoms with Gasteiger partial charge in [0.2, 0.25) is 5.82 Å². The van der Waals surface area contributed by atoms with E-state index in [4.69, 9.17) is 9.47 Å². The van der Waals surface area contributed by atoms with Crippen LogP contribution in [-0.4, -0.2) is 19.3 Å². The summed E-state index contributed by atoms with van der Waals surface area (Å²) in [6.45, 7) is 4.79. The number of hydrogen-bond acceptors (Lipinski definition) is 2. The van der Waals surface area contributed by atoms with Crippen molar-refractivity contribution in [2.75, 3.05) is 13.2 Å². The molecule has 4 heteroatoms. The summed E-state index contributed by atoms with van der Waals surface area (Å²) >= 11 is 0. The van der Waals surface area contributed by atoms with Crippen LogP contribution >= 0.6 is 0 Å². The molecule has 1 saturated heterocycles. The highest BCUT2D eigenvalue weighted by Crippen LogP contribution is 2.33. The molecule has 1 fully saturated rings. The minimum absolute atomic E-state index is 0.0637. The molecule has 1 heterocycles. The third-order valence-corrected chi connectivity index (χ3v) is 5.98. The van der Waals surface area contributed by atoms with Crippen LogP contribution in [0, 0.1) is 11.6 Å². The summed E-state index contributed by atoms with van der Waals surface area (Å²) in [5.74, 6) is -1.48. The van der Waals surface area contributed by atoms with Gasteiger partial charge in [-0.1, -0.05) is 60.7 Å². The fourth-order valence-electron chi connectivity index (χ4n) is 4.21. The first kappa shape index (κ1) is 22.2. The molecule has 2 atom stereocenters. The third kappa shape index (κ3) is 4.76. The molecule has 0 amide bonds. The number of benzene rings is 3. The highest BCUT2D eigenvalue weighted by Gasteiger charge is 2.21. The molecule has 0 bridgehead atoms. The van der Waals surface area contributed by atoms with Crippen LogP contribution in [0.2, 0.25) is 0 Å². The molecule has 1 aliphatic rings. The van der Waals surface area contributed by atoms with Crippen LogP contribution in [-0.2, 0) is 4.74 Å². The zero-order valence-corrected chi connectivity index (χ0v) is 18.5. The Bertz CT molecular complexity index is 1060. The zero-order chi connectivity index (χ0) is 22.5. The molecule has 1 aliphatic heterocycles. The zero-order valence-electron chi connectivity index (χ0n) is 18.5. The Morgan fingerprint density at radius 3 is 2.12 bits per heavy atom. The minimum atomic E-state index is -0.951. The van der Waals surface area contributed by atoms with Crippen LogP contribution < -0.4 is 4.74 Å². The first-order valence-corrected chi connectivity index (χ1v) is 11.2. The first-order chi connectivity index (χ1) is 15.6. The van der Waals surface area contributed by atoms with Crippen LogP contribution in [0.3, 0.4) is 0 Å². The van der Waals surface area contributed by atoms with Crippen molar-refractivity contribution in [2.24, 2.45) is 0 Å². The molecule has 2 nitrogen and oxygen atoms in total. The quantitative estimate of drug-likeness (QED) is 0.373. The minimum Gasteiger partial charge on any atom is -0.491 e. The molecule has 166 valence electrons. The molecule has 3 aromatic rings. The van der Waals surface area contributed by atoms with Crippen LogP contribution in [0.25, 0.3) is 22.3 Å². The van der Waals surface area contributed by atoms with Crippen molar-refractivity contribution in [3.63, 3.8) is 0 Å². The van der Waals surface area contributed by atoms with Gasteiger partial charge in [-0.3, -0.25) is 0 Å². The molecule has 32 heavy (non-hydrogen) atoms. The summed E-state index contributed by atoms with van der Waals surface area (Å²) in [6, 6.07) is 19.1. The number of halogens is 2. The van der Waals surface area contributed by atoms with Crippen LogP contribution in [0.4, 0.5) is 8.78 Å². The average molecular weight is 435 g/mol. The molecule has 0 radical (unpaired) electrons. The summed E-state index contributed by atoms with van der Waals surface area (Å²) < 4.78 is 39.8. The highest BCUT2D eigenvalue weighted by molar-refractivity contribution is 5.71. The molecule has 0 N–H and O–H groups in total. The van der Waals surface area contributed by atoms with Crippen molar-refractivity contribution in [1.82, 2.24) is 0 Å². The lowest BCUT2D eigenvalue weighted by Crippen LogP contribution is -2.23. The Morgan fingerprint density at radius 1 is 0.875 bits per heavy atom. The van der Waals surface area contributed by atoms with E-state index in [1.54, 1.807) is 13.0 Å². The maximum absolute atomic E-state index is 14.5. The summed E-state index contributed by atoms with van der Waals surface area (Å²) in [5.41, 5.74) is 4.25. The van der Waals surface area contributed by atoms with Gasteiger partial charge in [0.1, 0.15) is 0 Å². The number of rotatable bonds is 6. The lowest BCUT2D eigenvalue weighted by atomic mass is 9.90. The molecular formula is C28H28F2O2. The van der Waals surface area contributed by atoms with Gasteiger partial charge in [-0.05, 0) is 61.1 Å². The second-order valence-electron chi connectivity index (χ2n) is 8.04. The Hall–Kier alpha value is -2.98. The van der Waals surface area contributed by atoms with E-state index in [0.29, 0.717) is 11.5 Å². The van der Waals surface area contributed by atoms with E-state index in [-0.39, 0.29) is 24.0 Å². The third-order valence-electron chi connectivity index (χ3n) is 5.98. The monoisotopic (exact) mass is 434 g/mol. The van der Waals surface area contributed by atoms with Crippen molar-refractivity contribution in [1.29, 1.82) is 0 Å². The van der Waals surface area contributed by atoms with E-state index in [0.717, 1.165) is 30.6 Å². The van der Waals surface area contributed by atoms with E-state index in [1.807, 2.05) is 37.3 Å². The summed E-state index contributed by atoms with van der Waals surface area (Å²) in [6.07, 6.45) is 6.57.